The van der Waals surface area contributed by atoms with Crippen LogP contribution in [0, 0.1) is 13.8 Å². The Hall–Kier alpha value is -2.87. The summed E-state index contributed by atoms with van der Waals surface area (Å²) in [6.45, 7) is 5.53. The summed E-state index contributed by atoms with van der Waals surface area (Å²) in [5, 5.41) is 3.05. The third kappa shape index (κ3) is 4.74. The summed E-state index contributed by atoms with van der Waals surface area (Å²) in [5.74, 6) is 0.409. The van der Waals surface area contributed by atoms with Crippen LogP contribution < -0.4 is 10.1 Å². The van der Waals surface area contributed by atoms with Gasteiger partial charge in [0.2, 0.25) is 5.91 Å². The number of nitrogens with one attached hydrogen (secondary N) is 1. The zero-order valence-corrected chi connectivity index (χ0v) is 18.3. The van der Waals surface area contributed by atoms with Gasteiger partial charge in [-0.25, -0.2) is 0 Å². The second-order valence-corrected chi connectivity index (χ2v) is 8.35. The van der Waals surface area contributed by atoms with E-state index in [1.807, 2.05) is 26.0 Å². The van der Waals surface area contributed by atoms with Crippen molar-refractivity contribution in [2.75, 3.05) is 20.3 Å². The van der Waals surface area contributed by atoms with Gasteiger partial charge in [-0.1, -0.05) is 0 Å². The van der Waals surface area contributed by atoms with Gasteiger partial charge >= 0.3 is 0 Å². The van der Waals surface area contributed by atoms with Crippen molar-refractivity contribution >= 4 is 11.8 Å². The molecule has 2 fully saturated rings. The molecule has 3 heterocycles. The Bertz CT molecular complexity index is 939. The molecule has 0 spiro atoms. The van der Waals surface area contributed by atoms with Gasteiger partial charge in [0.05, 0.1) is 24.9 Å². The van der Waals surface area contributed by atoms with Gasteiger partial charge in [-0.3, -0.25) is 14.6 Å². The molecule has 0 unspecified atom stereocenters. The number of carbonyl (C=O) groups is 2. The predicted octanol–water partition coefficient (Wildman–Crippen LogP) is 2.09. The number of methoxy groups -OCH3 is 1. The molecule has 31 heavy (non-hydrogen) atoms. The Morgan fingerprint density at radius 3 is 2.77 bits per heavy atom. The number of amides is 2. The van der Waals surface area contributed by atoms with Gasteiger partial charge in [0.25, 0.3) is 5.91 Å². The van der Waals surface area contributed by atoms with E-state index in [4.69, 9.17) is 9.47 Å². The predicted molar refractivity (Wildman–Crippen MR) is 115 cm³/mol. The SMILES string of the molecule is COCCn1c(C)cc(C(=O)N2C[C@@H](Oc3cccnc3)C[C@H]2C(=O)NC2CC2)c1C. The topological polar surface area (TPSA) is 85.7 Å². The third-order valence-electron chi connectivity index (χ3n) is 6.01. The lowest BCUT2D eigenvalue weighted by molar-refractivity contribution is -0.125. The molecule has 2 aliphatic rings. The number of nitrogens with zero attached hydrogens (tertiary/aromatic N) is 3. The van der Waals surface area contributed by atoms with Crippen LogP contribution in [0.15, 0.2) is 30.6 Å². The number of pyridine rings is 1. The van der Waals surface area contributed by atoms with Gasteiger partial charge < -0.3 is 24.3 Å². The molecule has 2 aromatic rings. The van der Waals surface area contributed by atoms with Crippen LogP contribution in [0.5, 0.6) is 5.75 Å². The molecular weight excluding hydrogens is 396 g/mol. The summed E-state index contributed by atoms with van der Waals surface area (Å²) >= 11 is 0. The van der Waals surface area contributed by atoms with Crippen LogP contribution in [0.4, 0.5) is 0 Å². The molecule has 1 aliphatic heterocycles. The molecule has 2 amide bonds. The van der Waals surface area contributed by atoms with E-state index in [9.17, 15) is 9.59 Å². The fourth-order valence-corrected chi connectivity index (χ4v) is 4.19. The molecule has 8 nitrogen and oxygen atoms in total. The highest BCUT2D eigenvalue weighted by Crippen LogP contribution is 2.28. The molecule has 1 saturated heterocycles. The fourth-order valence-electron chi connectivity index (χ4n) is 4.19. The van der Waals surface area contributed by atoms with Gasteiger partial charge in [0.15, 0.2) is 0 Å². The number of aromatic nitrogens is 2. The van der Waals surface area contributed by atoms with Gasteiger partial charge in [-0.05, 0) is 44.9 Å². The highest BCUT2D eigenvalue weighted by molar-refractivity contribution is 5.99. The smallest absolute Gasteiger partial charge is 0.256 e. The molecular formula is C23H30N4O4. The molecule has 1 aliphatic carbocycles. The van der Waals surface area contributed by atoms with Crippen molar-refractivity contribution < 1.29 is 19.1 Å². The van der Waals surface area contributed by atoms with Gasteiger partial charge in [0.1, 0.15) is 17.9 Å². The van der Waals surface area contributed by atoms with E-state index in [-0.39, 0.29) is 24.0 Å². The number of hydrogen-bond donors (Lipinski definition) is 1. The fraction of sp³-hybridized carbons (Fsp3) is 0.522. The monoisotopic (exact) mass is 426 g/mol. The minimum absolute atomic E-state index is 0.0960. The summed E-state index contributed by atoms with van der Waals surface area (Å²) in [7, 11) is 1.66. The lowest BCUT2D eigenvalue weighted by atomic mass is 10.1. The minimum Gasteiger partial charge on any atom is -0.487 e. The van der Waals surface area contributed by atoms with Gasteiger partial charge in [-0.2, -0.15) is 0 Å². The maximum atomic E-state index is 13.6. The van der Waals surface area contributed by atoms with Crippen LogP contribution in [0.3, 0.4) is 0 Å². The number of hydrogen-bond acceptors (Lipinski definition) is 5. The van der Waals surface area contributed by atoms with E-state index in [1.54, 1.807) is 30.5 Å². The van der Waals surface area contributed by atoms with E-state index in [0.717, 1.165) is 24.2 Å². The molecule has 166 valence electrons. The van der Waals surface area contributed by atoms with E-state index in [0.29, 0.717) is 37.4 Å². The number of aryl methyl sites for hydroxylation is 1. The van der Waals surface area contributed by atoms with Crippen molar-refractivity contribution in [2.45, 2.75) is 57.8 Å². The highest BCUT2D eigenvalue weighted by Gasteiger charge is 2.43. The van der Waals surface area contributed by atoms with Crippen LogP contribution in [-0.4, -0.2) is 64.7 Å². The third-order valence-corrected chi connectivity index (χ3v) is 6.01. The Morgan fingerprint density at radius 2 is 2.10 bits per heavy atom. The first-order valence-corrected chi connectivity index (χ1v) is 10.8. The van der Waals surface area contributed by atoms with Crippen molar-refractivity contribution in [3.63, 3.8) is 0 Å². The van der Waals surface area contributed by atoms with Crippen LogP contribution in [0.25, 0.3) is 0 Å². The summed E-state index contributed by atoms with van der Waals surface area (Å²) in [4.78, 5) is 32.2. The molecule has 8 heteroatoms. The summed E-state index contributed by atoms with van der Waals surface area (Å²) in [6.07, 6.45) is 5.53. The Balaban J connectivity index is 1.55. The van der Waals surface area contributed by atoms with E-state index >= 15 is 0 Å². The van der Waals surface area contributed by atoms with Crippen LogP contribution in [0.2, 0.25) is 0 Å². The molecule has 0 bridgehead atoms. The van der Waals surface area contributed by atoms with E-state index in [1.165, 1.54) is 0 Å². The summed E-state index contributed by atoms with van der Waals surface area (Å²) < 4.78 is 13.3. The summed E-state index contributed by atoms with van der Waals surface area (Å²) in [6, 6.07) is 5.23. The normalized spacial score (nSPS) is 20.7. The number of rotatable bonds is 8. The zero-order chi connectivity index (χ0) is 22.0. The second kappa shape index (κ2) is 9.09. The first kappa shape index (κ1) is 21.4. The Kier molecular flexibility index (Phi) is 6.27. The van der Waals surface area contributed by atoms with Crippen molar-refractivity contribution in [2.24, 2.45) is 0 Å². The largest absolute Gasteiger partial charge is 0.487 e. The van der Waals surface area contributed by atoms with E-state index in [2.05, 4.69) is 14.9 Å². The van der Waals surface area contributed by atoms with Crippen molar-refractivity contribution in [3.05, 3.63) is 47.5 Å². The van der Waals surface area contributed by atoms with Crippen LogP contribution in [-0.2, 0) is 16.1 Å². The van der Waals surface area contributed by atoms with Crippen molar-refractivity contribution in [1.82, 2.24) is 19.8 Å². The zero-order valence-electron chi connectivity index (χ0n) is 18.3. The molecule has 0 aromatic carbocycles. The van der Waals surface area contributed by atoms with E-state index < -0.39 is 6.04 Å². The summed E-state index contributed by atoms with van der Waals surface area (Å²) in [5.41, 5.74) is 2.51. The molecule has 1 saturated carbocycles. The number of carbonyl (C=O) groups excluding carboxylic acids is 2. The quantitative estimate of drug-likeness (QED) is 0.699. The minimum atomic E-state index is -0.545. The average molecular weight is 427 g/mol. The maximum Gasteiger partial charge on any atom is 0.256 e. The molecule has 1 N–H and O–H groups in total. The van der Waals surface area contributed by atoms with Gasteiger partial charge in [-0.15, -0.1) is 0 Å². The maximum absolute atomic E-state index is 13.6. The first-order chi connectivity index (χ1) is 15.0. The van der Waals surface area contributed by atoms with Crippen LogP contribution >= 0.6 is 0 Å². The molecule has 4 rings (SSSR count). The Morgan fingerprint density at radius 1 is 1.29 bits per heavy atom. The standard InChI is InChI=1S/C23H30N4O4/c1-15-11-20(16(2)26(15)9-10-30-3)23(29)27-14-19(31-18-5-4-8-24-13-18)12-21(27)22(28)25-17-6-7-17/h4-5,8,11,13,17,19,21H,6-7,9-10,12,14H2,1-3H3,(H,25,28)/t19-,21-/m0/s1. The lowest BCUT2D eigenvalue weighted by Gasteiger charge is -2.23. The van der Waals surface area contributed by atoms with Gasteiger partial charge in [0, 0.05) is 43.7 Å². The molecule has 2 atom stereocenters. The van der Waals surface area contributed by atoms with Crippen molar-refractivity contribution in [1.29, 1.82) is 0 Å². The highest BCUT2D eigenvalue weighted by atomic mass is 16.5. The first-order valence-electron chi connectivity index (χ1n) is 10.8. The second-order valence-electron chi connectivity index (χ2n) is 8.35. The number of ether oxygens (including phenoxy) is 2. The Labute approximate surface area is 182 Å². The molecule has 0 radical (unpaired) electrons. The van der Waals surface area contributed by atoms with Crippen LogP contribution in [0.1, 0.15) is 41.0 Å². The van der Waals surface area contributed by atoms with Crippen molar-refractivity contribution in [3.8, 4) is 5.75 Å². The lowest BCUT2D eigenvalue weighted by Crippen LogP contribution is -2.46. The molecule has 2 aromatic heterocycles. The average Bonchev–Trinajstić information content (AvgIpc) is 3.40. The number of likely N-dealkylation sites (tertiary alicyclic amines) is 1.